The third-order valence-corrected chi connectivity index (χ3v) is 5.41. The molecule has 0 bridgehead atoms. The van der Waals surface area contributed by atoms with Gasteiger partial charge in [0, 0.05) is 0 Å². The number of carbonyl (C=O) groups is 1. The van der Waals surface area contributed by atoms with Crippen molar-refractivity contribution in [3.05, 3.63) is 35.4 Å². The molecule has 1 N–H and O–H groups in total. The van der Waals surface area contributed by atoms with E-state index >= 15 is 0 Å². The van der Waals surface area contributed by atoms with Crippen molar-refractivity contribution in [2.75, 3.05) is 6.61 Å². The fourth-order valence-electron chi connectivity index (χ4n) is 3.88. The molecule has 3 heteroatoms. The monoisotopic (exact) mass is 316 g/mol. The molecule has 2 saturated carbocycles. The van der Waals surface area contributed by atoms with Crippen LogP contribution >= 0.6 is 0 Å². The first-order chi connectivity index (χ1) is 11.2. The molecule has 0 heterocycles. The van der Waals surface area contributed by atoms with Crippen LogP contribution in [0.5, 0.6) is 0 Å². The number of hydrogen-bond donors (Lipinski definition) is 1. The third-order valence-electron chi connectivity index (χ3n) is 5.41. The number of aryl methyl sites for hydroxylation is 1. The molecule has 0 aliphatic heterocycles. The number of aliphatic hydroxyl groups is 1. The van der Waals surface area contributed by atoms with Crippen molar-refractivity contribution >= 4 is 5.97 Å². The maximum absolute atomic E-state index is 11.6. The lowest BCUT2D eigenvalue weighted by Crippen LogP contribution is -2.18. The van der Waals surface area contributed by atoms with Gasteiger partial charge in [0.05, 0.1) is 18.6 Å². The van der Waals surface area contributed by atoms with Crippen molar-refractivity contribution in [2.45, 2.75) is 63.9 Å². The molecule has 2 aliphatic carbocycles. The predicted octanol–water partition coefficient (Wildman–Crippen LogP) is 3.84. The summed E-state index contributed by atoms with van der Waals surface area (Å²) in [4.78, 5) is 11.6. The lowest BCUT2D eigenvalue weighted by Gasteiger charge is -2.26. The molecule has 1 aromatic rings. The second-order valence-electron chi connectivity index (χ2n) is 7.15. The van der Waals surface area contributed by atoms with Gasteiger partial charge in [-0.15, -0.1) is 0 Å². The van der Waals surface area contributed by atoms with E-state index in [1.807, 2.05) is 6.92 Å². The van der Waals surface area contributed by atoms with Gasteiger partial charge in [0.25, 0.3) is 0 Å². The molecule has 4 atom stereocenters. The smallest absolute Gasteiger partial charge is 0.309 e. The van der Waals surface area contributed by atoms with Crippen molar-refractivity contribution in [1.29, 1.82) is 0 Å². The minimum Gasteiger partial charge on any atom is -0.466 e. The summed E-state index contributed by atoms with van der Waals surface area (Å²) in [5.74, 6) is 1.17. The number of rotatable bonds is 6. The quantitative estimate of drug-likeness (QED) is 0.811. The average Bonchev–Trinajstić information content (AvgIpc) is 3.33. The molecule has 0 spiro atoms. The van der Waals surface area contributed by atoms with Gasteiger partial charge in [-0.1, -0.05) is 30.7 Å². The Morgan fingerprint density at radius 1 is 1.22 bits per heavy atom. The first-order valence-electron chi connectivity index (χ1n) is 9.11. The summed E-state index contributed by atoms with van der Waals surface area (Å²) in [7, 11) is 0. The fourth-order valence-corrected chi connectivity index (χ4v) is 3.88. The van der Waals surface area contributed by atoms with Gasteiger partial charge in [-0.3, -0.25) is 4.79 Å². The van der Waals surface area contributed by atoms with Gasteiger partial charge < -0.3 is 9.84 Å². The fraction of sp³-hybridized carbons (Fsp3) is 0.650. The third kappa shape index (κ3) is 4.35. The summed E-state index contributed by atoms with van der Waals surface area (Å²) in [6.45, 7) is 2.35. The Kier molecular flexibility index (Phi) is 5.37. The Bertz CT molecular complexity index is 522. The van der Waals surface area contributed by atoms with Crippen LogP contribution in [0, 0.1) is 11.8 Å². The SMILES string of the molecule is CCOC(=O)[C@@H]1C[C@H]1CCc1ccc([C@@H]2CCC[C@H](O)C2)cc1. The average molecular weight is 316 g/mol. The number of ether oxygens (including phenoxy) is 1. The van der Waals surface area contributed by atoms with Crippen molar-refractivity contribution in [1.82, 2.24) is 0 Å². The molecule has 3 nitrogen and oxygen atoms in total. The van der Waals surface area contributed by atoms with Gasteiger partial charge in [0.1, 0.15) is 0 Å². The number of aliphatic hydroxyl groups excluding tert-OH is 1. The molecule has 0 amide bonds. The highest BCUT2D eigenvalue weighted by Crippen LogP contribution is 2.43. The van der Waals surface area contributed by atoms with Crippen molar-refractivity contribution < 1.29 is 14.6 Å². The van der Waals surface area contributed by atoms with E-state index in [4.69, 9.17) is 4.74 Å². The zero-order valence-electron chi connectivity index (χ0n) is 14.0. The van der Waals surface area contributed by atoms with Gasteiger partial charge in [0.15, 0.2) is 0 Å². The van der Waals surface area contributed by atoms with Crippen molar-refractivity contribution in [2.24, 2.45) is 11.8 Å². The van der Waals surface area contributed by atoms with E-state index in [9.17, 15) is 9.90 Å². The zero-order chi connectivity index (χ0) is 16.2. The van der Waals surface area contributed by atoms with Crippen LogP contribution < -0.4 is 0 Å². The molecule has 2 aliphatic rings. The van der Waals surface area contributed by atoms with E-state index in [-0.39, 0.29) is 18.0 Å². The van der Waals surface area contributed by atoms with E-state index < -0.39 is 0 Å². The number of benzene rings is 1. The van der Waals surface area contributed by atoms with Gasteiger partial charge in [0.2, 0.25) is 0 Å². The first-order valence-corrected chi connectivity index (χ1v) is 9.11. The highest BCUT2D eigenvalue weighted by Gasteiger charge is 2.43. The minimum atomic E-state index is -0.122. The Balaban J connectivity index is 1.46. The van der Waals surface area contributed by atoms with Gasteiger partial charge in [-0.25, -0.2) is 0 Å². The van der Waals surface area contributed by atoms with Gasteiger partial charge in [-0.2, -0.15) is 0 Å². The van der Waals surface area contributed by atoms with Crippen LogP contribution in [0.4, 0.5) is 0 Å². The highest BCUT2D eigenvalue weighted by atomic mass is 16.5. The van der Waals surface area contributed by atoms with Crippen LogP contribution in [0.25, 0.3) is 0 Å². The second kappa shape index (κ2) is 7.48. The van der Waals surface area contributed by atoms with Crippen LogP contribution in [-0.4, -0.2) is 23.8 Å². The summed E-state index contributed by atoms with van der Waals surface area (Å²) in [5.41, 5.74) is 2.71. The number of hydrogen-bond acceptors (Lipinski definition) is 3. The number of esters is 1. The summed E-state index contributed by atoms with van der Waals surface area (Å²) >= 11 is 0. The van der Waals surface area contributed by atoms with E-state index in [1.165, 1.54) is 17.5 Å². The van der Waals surface area contributed by atoms with E-state index in [0.717, 1.165) is 38.5 Å². The van der Waals surface area contributed by atoms with Crippen molar-refractivity contribution in [3.63, 3.8) is 0 Å². The molecule has 2 fully saturated rings. The molecule has 0 unspecified atom stereocenters. The van der Waals surface area contributed by atoms with Crippen LogP contribution in [0.1, 0.15) is 62.5 Å². The minimum absolute atomic E-state index is 0.0105. The van der Waals surface area contributed by atoms with E-state index in [0.29, 0.717) is 18.4 Å². The molecule has 1 aromatic carbocycles. The van der Waals surface area contributed by atoms with E-state index in [2.05, 4.69) is 24.3 Å². The molecular formula is C20H28O3. The molecule has 23 heavy (non-hydrogen) atoms. The molecule has 126 valence electrons. The molecular weight excluding hydrogens is 288 g/mol. The van der Waals surface area contributed by atoms with Crippen LogP contribution in [-0.2, 0) is 16.0 Å². The predicted molar refractivity (Wildman–Crippen MR) is 90.2 cm³/mol. The Labute approximate surface area is 139 Å². The molecule has 0 saturated heterocycles. The topological polar surface area (TPSA) is 46.5 Å². The van der Waals surface area contributed by atoms with Crippen molar-refractivity contribution in [3.8, 4) is 0 Å². The maximum atomic E-state index is 11.6. The summed E-state index contributed by atoms with van der Waals surface area (Å²) in [5, 5.41) is 9.82. The Hall–Kier alpha value is -1.35. The lowest BCUT2D eigenvalue weighted by atomic mass is 9.82. The zero-order valence-corrected chi connectivity index (χ0v) is 14.0. The lowest BCUT2D eigenvalue weighted by molar-refractivity contribution is -0.145. The van der Waals surface area contributed by atoms with Gasteiger partial charge >= 0.3 is 5.97 Å². The largest absolute Gasteiger partial charge is 0.466 e. The summed E-state index contributed by atoms with van der Waals surface area (Å²) < 4.78 is 5.08. The van der Waals surface area contributed by atoms with Crippen LogP contribution in [0.2, 0.25) is 0 Å². The molecule has 3 rings (SSSR count). The van der Waals surface area contributed by atoms with Crippen LogP contribution in [0.15, 0.2) is 24.3 Å². The first kappa shape index (κ1) is 16.5. The Morgan fingerprint density at radius 2 is 2.00 bits per heavy atom. The summed E-state index contributed by atoms with van der Waals surface area (Å²) in [6.07, 6.45) is 7.17. The standard InChI is InChI=1S/C20H28O3/c1-2-23-20(22)19-13-17(19)11-8-14-6-9-15(10-7-14)16-4-3-5-18(21)12-16/h6-7,9-10,16-19,21H,2-5,8,11-13H2,1H3/t16-,17-,18+,19-/m1/s1. The number of carbonyl (C=O) groups excluding carboxylic acids is 1. The molecule has 0 radical (unpaired) electrons. The summed E-state index contributed by atoms with van der Waals surface area (Å²) in [6, 6.07) is 8.90. The van der Waals surface area contributed by atoms with Gasteiger partial charge in [-0.05, 0) is 68.4 Å². The van der Waals surface area contributed by atoms with E-state index in [1.54, 1.807) is 0 Å². The normalized spacial score (nSPS) is 30.0. The Morgan fingerprint density at radius 3 is 2.70 bits per heavy atom. The highest BCUT2D eigenvalue weighted by molar-refractivity contribution is 5.75. The molecule has 0 aromatic heterocycles. The second-order valence-corrected chi connectivity index (χ2v) is 7.15. The maximum Gasteiger partial charge on any atom is 0.309 e. The van der Waals surface area contributed by atoms with Crippen LogP contribution in [0.3, 0.4) is 0 Å².